The maximum absolute atomic E-state index is 9.90. The Labute approximate surface area is 177 Å². The van der Waals surface area contributed by atoms with Gasteiger partial charge >= 0.3 is 23.9 Å². The summed E-state index contributed by atoms with van der Waals surface area (Å²) in [6.07, 6.45) is 5.46. The molecule has 0 heterocycles. The van der Waals surface area contributed by atoms with Crippen molar-refractivity contribution in [3.05, 3.63) is 0 Å². The Morgan fingerprint density at radius 2 is 0.933 bits per heavy atom. The summed E-state index contributed by atoms with van der Waals surface area (Å²) in [4.78, 5) is 39.6. The van der Waals surface area contributed by atoms with Crippen LogP contribution >= 0.6 is 0 Å². The van der Waals surface area contributed by atoms with E-state index in [9.17, 15) is 24.3 Å². The normalized spacial score (nSPS) is 11.7. The van der Waals surface area contributed by atoms with Crippen molar-refractivity contribution < 1.29 is 49.8 Å². The van der Waals surface area contributed by atoms with Gasteiger partial charge in [0.15, 0.2) is 0 Å². The van der Waals surface area contributed by atoms with Crippen molar-refractivity contribution in [2.24, 2.45) is 0 Å². The van der Waals surface area contributed by atoms with E-state index in [2.05, 4.69) is 6.92 Å². The second kappa shape index (κ2) is 21.5. The molecule has 10 heteroatoms. The number of rotatable bonds is 15. The molecule has 30 heavy (non-hydrogen) atoms. The van der Waals surface area contributed by atoms with Crippen molar-refractivity contribution in [2.75, 3.05) is 6.61 Å². The van der Waals surface area contributed by atoms with Crippen LogP contribution in [0.15, 0.2) is 0 Å². The van der Waals surface area contributed by atoms with E-state index in [1.807, 2.05) is 6.92 Å². The van der Waals surface area contributed by atoms with Crippen molar-refractivity contribution >= 4 is 23.9 Å². The van der Waals surface area contributed by atoms with Gasteiger partial charge in [-0.3, -0.25) is 19.2 Å². The highest BCUT2D eigenvalue weighted by Crippen LogP contribution is 2.16. The minimum atomic E-state index is -0.870. The summed E-state index contributed by atoms with van der Waals surface area (Å²) < 4.78 is 0. The first kappa shape index (κ1) is 32.5. The molecule has 0 aliphatic rings. The molecule has 0 aliphatic carbocycles. The minimum absolute atomic E-state index is 0.0628. The third-order valence-corrected chi connectivity index (χ3v) is 4.01. The quantitative estimate of drug-likeness (QED) is 0.207. The number of hydrogen-bond donors (Lipinski definition) is 6. The zero-order valence-electron chi connectivity index (χ0n) is 18.0. The lowest BCUT2D eigenvalue weighted by Crippen LogP contribution is -2.31. The van der Waals surface area contributed by atoms with Gasteiger partial charge in [0.05, 0.1) is 12.2 Å². The predicted octanol–water partition coefficient (Wildman–Crippen LogP) is 2.74. The predicted molar refractivity (Wildman–Crippen MR) is 109 cm³/mol. The third kappa shape index (κ3) is 30.5. The Morgan fingerprint density at radius 3 is 1.10 bits per heavy atom. The molecule has 0 amide bonds. The smallest absolute Gasteiger partial charge is 0.303 e. The summed E-state index contributed by atoms with van der Waals surface area (Å²) in [5, 5.41) is 50.8. The molecule has 6 N–H and O–H groups in total. The molecule has 1 unspecified atom stereocenters. The molecule has 0 spiro atoms. The van der Waals surface area contributed by atoms with E-state index in [-0.39, 0.29) is 32.3 Å². The van der Waals surface area contributed by atoms with Gasteiger partial charge in [0.2, 0.25) is 0 Å². The summed E-state index contributed by atoms with van der Waals surface area (Å²) in [5.74, 6) is -3.48. The highest BCUT2D eigenvalue weighted by Gasteiger charge is 2.21. The number of carbonyl (C=O) groups is 4. The van der Waals surface area contributed by atoms with Crippen LogP contribution in [-0.2, 0) is 19.2 Å². The number of aliphatic carboxylic acids is 4. The van der Waals surface area contributed by atoms with Crippen LogP contribution in [0.5, 0.6) is 0 Å². The first-order chi connectivity index (χ1) is 13.9. The SMILES string of the molecule is CCCCC(O)(CC)CO.O=C(O)CCCCC(=O)O.O=C(O)CCCCC(=O)O. The molecule has 0 aromatic heterocycles. The van der Waals surface area contributed by atoms with Crippen LogP contribution in [0.3, 0.4) is 0 Å². The molecule has 0 aromatic rings. The lowest BCUT2D eigenvalue weighted by molar-refractivity contribution is -0.139. The fourth-order valence-corrected chi connectivity index (χ4v) is 1.98. The number of carboxylic acids is 4. The van der Waals surface area contributed by atoms with Gasteiger partial charge in [0.25, 0.3) is 0 Å². The molecule has 0 fully saturated rings. The zero-order valence-corrected chi connectivity index (χ0v) is 18.0. The van der Waals surface area contributed by atoms with E-state index in [4.69, 9.17) is 25.5 Å². The third-order valence-electron chi connectivity index (χ3n) is 4.01. The summed E-state index contributed by atoms with van der Waals surface area (Å²) >= 11 is 0. The van der Waals surface area contributed by atoms with Crippen molar-refractivity contribution in [3.8, 4) is 0 Å². The number of hydrogen-bond acceptors (Lipinski definition) is 6. The highest BCUT2D eigenvalue weighted by molar-refractivity contribution is 5.68. The molecule has 0 saturated heterocycles. The molecule has 0 bridgehead atoms. The molecular formula is C20H38O10. The molecule has 0 saturated carbocycles. The standard InChI is InChI=1S/C8H18O2.2C6H10O4/c1-3-5-6-8(10,4-2)7-9;2*7-5(8)3-1-2-4-6(9)10/h9-10H,3-7H2,1-2H3;2*1-4H2,(H,7,8)(H,9,10). The second-order valence-electron chi connectivity index (χ2n) is 6.83. The minimum Gasteiger partial charge on any atom is -0.481 e. The van der Waals surface area contributed by atoms with Gasteiger partial charge in [-0.1, -0.05) is 26.7 Å². The molecular weight excluding hydrogens is 400 g/mol. The van der Waals surface area contributed by atoms with Crippen molar-refractivity contribution in [1.29, 1.82) is 0 Å². The van der Waals surface area contributed by atoms with E-state index in [1.54, 1.807) is 0 Å². The van der Waals surface area contributed by atoms with Crippen LogP contribution in [0.1, 0.15) is 90.9 Å². The molecule has 0 rings (SSSR count). The largest absolute Gasteiger partial charge is 0.481 e. The van der Waals surface area contributed by atoms with Crippen molar-refractivity contribution in [3.63, 3.8) is 0 Å². The van der Waals surface area contributed by atoms with Crippen LogP contribution in [0.25, 0.3) is 0 Å². The Kier molecular flexibility index (Phi) is 23.3. The molecule has 10 nitrogen and oxygen atoms in total. The number of unbranched alkanes of at least 4 members (excludes halogenated alkanes) is 3. The molecule has 0 radical (unpaired) electrons. The Bertz CT molecular complexity index is 408. The van der Waals surface area contributed by atoms with E-state index in [1.165, 1.54) is 0 Å². The highest BCUT2D eigenvalue weighted by atomic mass is 16.4. The van der Waals surface area contributed by atoms with E-state index in [0.29, 0.717) is 32.1 Å². The molecule has 0 aliphatic heterocycles. The van der Waals surface area contributed by atoms with Crippen LogP contribution in [0, 0.1) is 0 Å². The first-order valence-electron chi connectivity index (χ1n) is 10.1. The van der Waals surface area contributed by atoms with Gasteiger partial charge < -0.3 is 30.6 Å². The Morgan fingerprint density at radius 1 is 0.633 bits per heavy atom. The molecule has 1 atom stereocenters. The summed E-state index contributed by atoms with van der Waals surface area (Å²) in [6, 6.07) is 0. The molecule has 0 aromatic carbocycles. The van der Waals surface area contributed by atoms with Crippen LogP contribution < -0.4 is 0 Å². The van der Waals surface area contributed by atoms with Gasteiger partial charge in [-0.2, -0.15) is 0 Å². The first-order valence-corrected chi connectivity index (χ1v) is 10.1. The van der Waals surface area contributed by atoms with E-state index in [0.717, 1.165) is 19.3 Å². The van der Waals surface area contributed by atoms with Gasteiger partial charge in [-0.25, -0.2) is 0 Å². The monoisotopic (exact) mass is 438 g/mol. The summed E-state index contributed by atoms with van der Waals surface area (Å²) in [6.45, 7) is 3.86. The van der Waals surface area contributed by atoms with Gasteiger partial charge in [0.1, 0.15) is 0 Å². The maximum Gasteiger partial charge on any atom is 0.303 e. The lowest BCUT2D eigenvalue weighted by atomic mass is 9.95. The number of aliphatic hydroxyl groups is 2. The Hall–Kier alpha value is -2.20. The van der Waals surface area contributed by atoms with Crippen LogP contribution in [-0.4, -0.2) is 66.7 Å². The van der Waals surface area contributed by atoms with Crippen LogP contribution in [0.4, 0.5) is 0 Å². The van der Waals surface area contributed by atoms with E-state index < -0.39 is 29.5 Å². The zero-order chi connectivity index (χ0) is 24.0. The lowest BCUT2D eigenvalue weighted by Gasteiger charge is -2.23. The summed E-state index contributed by atoms with van der Waals surface area (Å²) in [5.41, 5.74) is -0.810. The second-order valence-corrected chi connectivity index (χ2v) is 6.83. The number of aliphatic hydroxyl groups excluding tert-OH is 1. The number of carboxylic acid groups (broad SMARTS) is 4. The van der Waals surface area contributed by atoms with E-state index >= 15 is 0 Å². The molecule has 178 valence electrons. The van der Waals surface area contributed by atoms with Crippen LogP contribution in [0.2, 0.25) is 0 Å². The topological polar surface area (TPSA) is 190 Å². The van der Waals surface area contributed by atoms with Gasteiger partial charge in [-0.15, -0.1) is 0 Å². The maximum atomic E-state index is 9.90. The average molecular weight is 439 g/mol. The van der Waals surface area contributed by atoms with Gasteiger partial charge in [-0.05, 0) is 38.5 Å². The summed E-state index contributed by atoms with van der Waals surface area (Å²) in [7, 11) is 0. The fraction of sp³-hybridized carbons (Fsp3) is 0.800. The van der Waals surface area contributed by atoms with Gasteiger partial charge in [0, 0.05) is 25.7 Å². The van der Waals surface area contributed by atoms with Crippen molar-refractivity contribution in [1.82, 2.24) is 0 Å². The Balaban J connectivity index is -0.000000364. The average Bonchev–Trinajstić information content (AvgIpc) is 2.67. The van der Waals surface area contributed by atoms with Crippen molar-refractivity contribution in [2.45, 2.75) is 96.5 Å². The fourth-order valence-electron chi connectivity index (χ4n) is 1.98.